The van der Waals surface area contributed by atoms with Gasteiger partial charge in [-0.25, -0.2) is 14.4 Å². The molecule has 4 heterocycles. The fraction of sp³-hybridized carbons (Fsp3) is 0.681. The van der Waals surface area contributed by atoms with E-state index < -0.39 is 50.1 Å². The Morgan fingerprint density at radius 2 is 0.773 bits per heavy atom. The Bertz CT molecular complexity index is 3280. The number of esters is 2. The van der Waals surface area contributed by atoms with Crippen molar-refractivity contribution in [3.63, 3.8) is 0 Å². The van der Waals surface area contributed by atoms with Crippen molar-refractivity contribution in [3.8, 4) is 17.8 Å². The number of methoxy groups -OCH3 is 9. The number of hydrogen-bond donors (Lipinski definition) is 4. The standard InChI is InChI=1S/C19H35N5O7.C18H27N5O5.C18H32N4O7.C17H28N2O3/c1-8-19(2,3)15(25)30-9-10-31-18-21-16(23(11-26-4)12-27-5)20-17(22-18)24(13-28-6)14-29-7;1-4-18(2,3)13-5-7-14(8-6-13)28-17-20-15(22(9-24)10-25)19-16(21-17)23(11-26)12-27;1-7-18(2,3)15(23)29-9-8-19-13-14(21(11-27-5)16(19)24)22(12-28-6)17(25)20(13)10-26-4;1-7-17(2,3)14-8-10-15(11-9-14)18(4)16(20)19(12-21-5)13-22-6/h8-14H2,1-7H3;5-8,24-27H,4,9-12H2,1-3H3;13-14H,7-12H2,1-6H3;8-11H,7,12-13H2,1-6H3. The lowest BCUT2D eigenvalue weighted by Gasteiger charge is -2.29. The minimum absolute atomic E-state index is 0.00741. The van der Waals surface area contributed by atoms with Crippen LogP contribution in [0.2, 0.25) is 0 Å². The van der Waals surface area contributed by atoms with Crippen LogP contribution in [0.25, 0.3) is 0 Å². The second-order valence-corrected chi connectivity index (χ2v) is 27.5. The SMILES string of the molecule is CCC(C)(C)C(=O)OCCN1C(=O)N(COC)C2C1N(COC)C(=O)N2COC.CCC(C)(C)C(=O)OCCOc1nc(N(COC)COC)nc(N(COC)COC)n1.CCC(C)(C)c1ccc(N(C)C(=O)N(COC)COC)cc1.CCC(C)(C)c1ccc(Oc2nc(N(CO)CO)nc(N(CO)CO)n2)cc1. The average Bonchev–Trinajstić information content (AvgIpc) is 1.57. The molecule has 0 aliphatic carbocycles. The molecule has 6 rings (SSSR count). The molecule has 0 radical (unpaired) electrons. The lowest BCUT2D eigenvalue weighted by Crippen LogP contribution is -2.48. The highest BCUT2D eigenvalue weighted by Gasteiger charge is 2.59. The highest BCUT2D eigenvalue weighted by atomic mass is 16.6. The van der Waals surface area contributed by atoms with E-state index in [-0.39, 0.29) is 164 Å². The largest absolute Gasteiger partial charge is 0.463 e. The Kier molecular flexibility index (Phi) is 41.4. The number of amides is 6. The fourth-order valence-electron chi connectivity index (χ4n) is 10.0. The molecule has 2 unspecified atom stereocenters. The van der Waals surface area contributed by atoms with Crippen molar-refractivity contribution >= 4 is 59.5 Å². The second-order valence-electron chi connectivity index (χ2n) is 27.5. The molecule has 4 aromatic rings. The van der Waals surface area contributed by atoms with Gasteiger partial charge in [-0.3, -0.25) is 58.6 Å². The first-order valence-electron chi connectivity index (χ1n) is 35.7. The second kappa shape index (κ2) is 47.6. The van der Waals surface area contributed by atoms with Crippen LogP contribution in [0.3, 0.4) is 0 Å². The molecule has 2 aromatic carbocycles. The number of benzene rings is 2. The third kappa shape index (κ3) is 27.5. The van der Waals surface area contributed by atoms with Crippen molar-refractivity contribution in [2.75, 3.05) is 209 Å². The number of carbonyl (C=O) groups excluding carboxylic acids is 5. The minimum Gasteiger partial charge on any atom is -0.463 e. The van der Waals surface area contributed by atoms with Crippen LogP contribution < -0.4 is 34.0 Å². The van der Waals surface area contributed by atoms with Gasteiger partial charge in [-0.2, -0.15) is 29.9 Å². The lowest BCUT2D eigenvalue weighted by atomic mass is 9.82. The molecule has 110 heavy (non-hydrogen) atoms. The van der Waals surface area contributed by atoms with Gasteiger partial charge >= 0.3 is 42.1 Å². The number of rotatable bonds is 44. The smallest absolute Gasteiger partial charge is 0.328 e. The van der Waals surface area contributed by atoms with Gasteiger partial charge < -0.3 is 82.0 Å². The molecule has 38 heteroatoms. The topological polar surface area (TPSA) is 396 Å². The van der Waals surface area contributed by atoms with E-state index in [1.165, 1.54) is 51.4 Å². The third-order valence-corrected chi connectivity index (χ3v) is 18.2. The number of nitrogens with zero attached hydrogens (tertiary/aromatic N) is 16. The summed E-state index contributed by atoms with van der Waals surface area (Å²) in [5.41, 5.74) is 2.31. The summed E-state index contributed by atoms with van der Waals surface area (Å²) in [6.45, 7) is 23.5. The highest BCUT2D eigenvalue weighted by Crippen LogP contribution is 2.36. The first-order chi connectivity index (χ1) is 52.3. The Labute approximate surface area is 647 Å². The van der Waals surface area contributed by atoms with Crippen molar-refractivity contribution < 1.29 is 106 Å². The number of aromatic nitrogens is 6. The maximum Gasteiger partial charge on any atom is 0.328 e. The van der Waals surface area contributed by atoms with Crippen LogP contribution in [0.5, 0.6) is 17.8 Å². The van der Waals surface area contributed by atoms with Crippen LogP contribution in [-0.2, 0) is 72.5 Å². The van der Waals surface area contributed by atoms with E-state index in [2.05, 4.69) is 83.6 Å². The maximum atomic E-state index is 13.0. The molecule has 2 aliphatic heterocycles. The summed E-state index contributed by atoms with van der Waals surface area (Å²) in [5.74, 6) is 0.303. The molecule has 4 N–H and O–H groups in total. The van der Waals surface area contributed by atoms with Crippen LogP contribution in [0.1, 0.15) is 120 Å². The van der Waals surface area contributed by atoms with Gasteiger partial charge in [0.15, 0.2) is 12.3 Å². The molecule has 0 spiro atoms. The number of fused-ring (bicyclic) bond motifs is 1. The number of anilines is 5. The molecule has 2 atom stereocenters. The van der Waals surface area contributed by atoms with Gasteiger partial charge in [0.25, 0.3) is 0 Å². The van der Waals surface area contributed by atoms with Crippen LogP contribution in [-0.4, -0.2) is 302 Å². The van der Waals surface area contributed by atoms with Gasteiger partial charge in [0, 0.05) is 76.7 Å². The van der Waals surface area contributed by atoms with Gasteiger partial charge in [-0.1, -0.05) is 79.7 Å². The van der Waals surface area contributed by atoms with Crippen molar-refractivity contribution in [1.82, 2.24) is 54.4 Å². The average molecular weight is 1560 g/mol. The fourth-order valence-corrected chi connectivity index (χ4v) is 10.0. The zero-order valence-corrected chi connectivity index (χ0v) is 68.4. The van der Waals surface area contributed by atoms with E-state index >= 15 is 0 Å². The van der Waals surface area contributed by atoms with Crippen LogP contribution in [0, 0.1) is 10.8 Å². The van der Waals surface area contributed by atoms with E-state index in [1.807, 2.05) is 65.8 Å². The van der Waals surface area contributed by atoms with E-state index in [9.17, 15) is 44.4 Å². The molecule has 2 fully saturated rings. The highest BCUT2D eigenvalue weighted by molar-refractivity contribution is 5.91. The van der Waals surface area contributed by atoms with Crippen LogP contribution >= 0.6 is 0 Å². The summed E-state index contributed by atoms with van der Waals surface area (Å²) in [5, 5.41) is 37.4. The molecule has 2 saturated heterocycles. The molecular weight excluding hydrogens is 1440 g/mol. The summed E-state index contributed by atoms with van der Waals surface area (Å²) in [6, 6.07) is 14.8. The van der Waals surface area contributed by atoms with Gasteiger partial charge in [0.2, 0.25) is 23.8 Å². The number of ether oxygens (including phenoxy) is 13. The van der Waals surface area contributed by atoms with Crippen molar-refractivity contribution in [1.29, 1.82) is 0 Å². The molecule has 0 bridgehead atoms. The summed E-state index contributed by atoms with van der Waals surface area (Å²) < 4.78 is 68.4. The van der Waals surface area contributed by atoms with E-state index in [0.29, 0.717) is 18.6 Å². The lowest BCUT2D eigenvalue weighted by molar-refractivity contribution is -0.155. The molecular formula is C72H122N16O22. The Morgan fingerprint density at radius 1 is 0.427 bits per heavy atom. The Hall–Kier alpha value is -8.51. The molecule has 2 aromatic heterocycles. The molecule has 0 saturated carbocycles. The minimum atomic E-state index is -0.613. The normalized spacial score (nSPS) is 14.2. The van der Waals surface area contributed by atoms with Crippen molar-refractivity contribution in [2.24, 2.45) is 10.8 Å². The number of aliphatic hydroxyl groups excluding tert-OH is 4. The van der Waals surface area contributed by atoms with Gasteiger partial charge in [-0.05, 0) is 99.6 Å². The third-order valence-electron chi connectivity index (χ3n) is 18.2. The monoisotopic (exact) mass is 1560 g/mol. The quantitative estimate of drug-likeness (QED) is 0.0212. The summed E-state index contributed by atoms with van der Waals surface area (Å²) in [6.07, 6.45) is 2.16. The van der Waals surface area contributed by atoms with Crippen LogP contribution in [0.15, 0.2) is 48.5 Å². The molecule has 6 amide bonds. The maximum absolute atomic E-state index is 13.0. The Morgan fingerprint density at radius 3 is 1.13 bits per heavy atom. The Balaban J connectivity index is 0.000000383. The molecule has 2 aliphatic rings. The number of urea groups is 3. The molecule has 38 nitrogen and oxygen atoms in total. The van der Waals surface area contributed by atoms with Crippen molar-refractivity contribution in [2.45, 2.75) is 132 Å². The zero-order chi connectivity index (χ0) is 82.5. The van der Waals surface area contributed by atoms with E-state index in [0.717, 1.165) is 33.9 Å². The van der Waals surface area contributed by atoms with E-state index in [1.54, 1.807) is 76.5 Å². The summed E-state index contributed by atoms with van der Waals surface area (Å²) in [7, 11) is 15.5. The number of hydrogen-bond acceptors (Lipinski definition) is 32. The van der Waals surface area contributed by atoms with Crippen molar-refractivity contribution in [3.05, 3.63) is 59.7 Å². The zero-order valence-electron chi connectivity index (χ0n) is 68.4. The first kappa shape index (κ1) is 95.7. The van der Waals surface area contributed by atoms with E-state index in [4.69, 9.17) is 61.6 Å². The van der Waals surface area contributed by atoms with Gasteiger partial charge in [-0.15, -0.1) is 0 Å². The number of aliphatic hydroxyl groups is 4. The van der Waals surface area contributed by atoms with Gasteiger partial charge in [0.1, 0.15) is 113 Å². The summed E-state index contributed by atoms with van der Waals surface area (Å²) in [4.78, 5) is 102. The van der Waals surface area contributed by atoms with Crippen LogP contribution in [0.4, 0.5) is 43.9 Å². The predicted molar refractivity (Wildman–Crippen MR) is 406 cm³/mol. The van der Waals surface area contributed by atoms with Gasteiger partial charge in [0.05, 0.1) is 17.4 Å². The number of carbonyl (C=O) groups is 5. The first-order valence-corrected chi connectivity index (χ1v) is 35.7. The molecule has 622 valence electrons. The predicted octanol–water partition coefficient (Wildman–Crippen LogP) is 6.37. The summed E-state index contributed by atoms with van der Waals surface area (Å²) >= 11 is 0.